The van der Waals surface area contributed by atoms with Crippen LogP contribution in [0.3, 0.4) is 0 Å². The van der Waals surface area contributed by atoms with Gasteiger partial charge >= 0.3 is 0 Å². The van der Waals surface area contributed by atoms with Crippen LogP contribution in [-0.2, 0) is 11.8 Å². The molecular formula is C19H20. The topological polar surface area (TPSA) is 0 Å². The maximum Gasteiger partial charge on any atom is -0.00820 e. The van der Waals surface area contributed by atoms with Crippen LogP contribution in [0.5, 0.6) is 0 Å². The van der Waals surface area contributed by atoms with Crippen LogP contribution in [0, 0.1) is 0 Å². The van der Waals surface area contributed by atoms with Crippen molar-refractivity contribution in [3.8, 4) is 11.1 Å². The standard InChI is InChI=1S/C19H20/c1-19(2,3)16-12-10-15(11-13-16)18-9-5-7-14-6-4-8-17(14)18/h4-7,9-13H,8H2,1-3H3. The lowest BCUT2D eigenvalue weighted by Gasteiger charge is -2.19. The van der Waals surface area contributed by atoms with Gasteiger partial charge in [-0.25, -0.2) is 0 Å². The molecule has 0 amide bonds. The number of fused-ring (bicyclic) bond motifs is 1. The van der Waals surface area contributed by atoms with Gasteiger partial charge < -0.3 is 0 Å². The molecule has 1 aliphatic carbocycles. The fraction of sp³-hybridized carbons (Fsp3) is 0.263. The molecule has 0 saturated heterocycles. The van der Waals surface area contributed by atoms with Crippen molar-refractivity contribution in [1.82, 2.24) is 0 Å². The van der Waals surface area contributed by atoms with Crippen molar-refractivity contribution in [2.45, 2.75) is 32.6 Å². The van der Waals surface area contributed by atoms with Crippen molar-refractivity contribution >= 4 is 6.08 Å². The molecule has 19 heavy (non-hydrogen) atoms. The van der Waals surface area contributed by atoms with E-state index in [1.807, 2.05) is 0 Å². The van der Waals surface area contributed by atoms with Crippen molar-refractivity contribution in [2.75, 3.05) is 0 Å². The first-order valence-electron chi connectivity index (χ1n) is 6.95. The summed E-state index contributed by atoms with van der Waals surface area (Å²) in [5.41, 5.74) is 7.15. The summed E-state index contributed by atoms with van der Waals surface area (Å²) >= 11 is 0. The van der Waals surface area contributed by atoms with Gasteiger partial charge in [0.25, 0.3) is 0 Å². The summed E-state index contributed by atoms with van der Waals surface area (Å²) in [6, 6.07) is 15.6. The highest BCUT2D eigenvalue weighted by atomic mass is 14.2. The quantitative estimate of drug-likeness (QED) is 0.649. The first-order valence-corrected chi connectivity index (χ1v) is 6.95. The van der Waals surface area contributed by atoms with Gasteiger partial charge in [-0.1, -0.05) is 75.4 Å². The number of hydrogen-bond acceptors (Lipinski definition) is 0. The van der Waals surface area contributed by atoms with Crippen LogP contribution >= 0.6 is 0 Å². The summed E-state index contributed by atoms with van der Waals surface area (Å²) in [4.78, 5) is 0. The molecule has 0 atom stereocenters. The Kier molecular flexibility index (Phi) is 2.82. The van der Waals surface area contributed by atoms with Crippen LogP contribution in [0.1, 0.15) is 37.5 Å². The van der Waals surface area contributed by atoms with E-state index >= 15 is 0 Å². The third-order valence-corrected chi connectivity index (χ3v) is 3.89. The maximum atomic E-state index is 2.26. The average molecular weight is 248 g/mol. The number of hydrogen-bond donors (Lipinski definition) is 0. The van der Waals surface area contributed by atoms with E-state index in [-0.39, 0.29) is 5.41 Å². The molecule has 0 fully saturated rings. The van der Waals surface area contributed by atoms with E-state index < -0.39 is 0 Å². The minimum atomic E-state index is 0.221. The predicted octanol–water partition coefficient (Wildman–Crippen LogP) is 5.22. The summed E-state index contributed by atoms with van der Waals surface area (Å²) in [6.45, 7) is 6.77. The molecule has 0 aliphatic heterocycles. The monoisotopic (exact) mass is 248 g/mol. The molecule has 2 aromatic carbocycles. The molecule has 0 heterocycles. The molecule has 96 valence electrons. The van der Waals surface area contributed by atoms with E-state index in [4.69, 9.17) is 0 Å². The van der Waals surface area contributed by atoms with Gasteiger partial charge in [-0.05, 0) is 39.7 Å². The van der Waals surface area contributed by atoms with Crippen molar-refractivity contribution in [3.63, 3.8) is 0 Å². The third kappa shape index (κ3) is 2.23. The lowest BCUT2D eigenvalue weighted by Crippen LogP contribution is -2.10. The Bertz CT molecular complexity index is 622. The largest absolute Gasteiger partial charge is 0.0795 e. The second-order valence-electron chi connectivity index (χ2n) is 6.31. The Hall–Kier alpha value is -1.82. The van der Waals surface area contributed by atoms with Gasteiger partial charge in [0, 0.05) is 0 Å². The Morgan fingerprint density at radius 1 is 0.895 bits per heavy atom. The Balaban J connectivity index is 2.03. The lowest BCUT2D eigenvalue weighted by atomic mass is 9.86. The van der Waals surface area contributed by atoms with E-state index in [2.05, 4.69) is 75.4 Å². The predicted molar refractivity (Wildman–Crippen MR) is 83.3 cm³/mol. The molecule has 3 rings (SSSR count). The Labute approximate surface area is 115 Å². The van der Waals surface area contributed by atoms with E-state index in [1.54, 1.807) is 0 Å². The van der Waals surface area contributed by atoms with Gasteiger partial charge in [0.1, 0.15) is 0 Å². The van der Waals surface area contributed by atoms with E-state index in [0.29, 0.717) is 0 Å². The van der Waals surface area contributed by atoms with Crippen LogP contribution in [0.15, 0.2) is 48.5 Å². The van der Waals surface area contributed by atoms with Gasteiger partial charge in [0.05, 0.1) is 0 Å². The maximum absolute atomic E-state index is 2.26. The van der Waals surface area contributed by atoms with Crippen LogP contribution < -0.4 is 0 Å². The van der Waals surface area contributed by atoms with Gasteiger partial charge in [-0.3, -0.25) is 0 Å². The van der Waals surface area contributed by atoms with E-state index in [0.717, 1.165) is 6.42 Å². The molecule has 0 spiro atoms. The highest BCUT2D eigenvalue weighted by molar-refractivity contribution is 5.75. The van der Waals surface area contributed by atoms with Gasteiger partial charge in [0.15, 0.2) is 0 Å². The minimum absolute atomic E-state index is 0.221. The van der Waals surface area contributed by atoms with Crippen molar-refractivity contribution in [3.05, 3.63) is 65.2 Å². The normalized spacial score (nSPS) is 13.6. The Morgan fingerprint density at radius 2 is 1.63 bits per heavy atom. The summed E-state index contributed by atoms with van der Waals surface area (Å²) in [5.74, 6) is 0. The molecule has 0 N–H and O–H groups in total. The van der Waals surface area contributed by atoms with Crippen LogP contribution in [0.4, 0.5) is 0 Å². The summed E-state index contributed by atoms with van der Waals surface area (Å²) < 4.78 is 0. The molecular weight excluding hydrogens is 228 g/mol. The van der Waals surface area contributed by atoms with E-state index in [1.165, 1.54) is 27.8 Å². The number of allylic oxidation sites excluding steroid dienone is 1. The number of benzene rings is 2. The number of rotatable bonds is 1. The SMILES string of the molecule is CC(C)(C)c1ccc(-c2cccc3c2CC=C3)cc1. The van der Waals surface area contributed by atoms with Gasteiger partial charge in [-0.15, -0.1) is 0 Å². The second-order valence-corrected chi connectivity index (χ2v) is 6.31. The fourth-order valence-corrected chi connectivity index (χ4v) is 2.71. The molecule has 0 nitrogen and oxygen atoms in total. The van der Waals surface area contributed by atoms with Crippen LogP contribution in [0.25, 0.3) is 17.2 Å². The third-order valence-electron chi connectivity index (χ3n) is 3.89. The molecule has 0 radical (unpaired) electrons. The van der Waals surface area contributed by atoms with Gasteiger partial charge in [0.2, 0.25) is 0 Å². The first-order chi connectivity index (χ1) is 9.05. The molecule has 0 unspecified atom stereocenters. The second kappa shape index (κ2) is 4.38. The fourth-order valence-electron chi connectivity index (χ4n) is 2.71. The Morgan fingerprint density at radius 3 is 2.32 bits per heavy atom. The van der Waals surface area contributed by atoms with Crippen molar-refractivity contribution < 1.29 is 0 Å². The lowest BCUT2D eigenvalue weighted by molar-refractivity contribution is 0.590. The van der Waals surface area contributed by atoms with Crippen molar-refractivity contribution in [2.24, 2.45) is 0 Å². The molecule has 0 aromatic heterocycles. The van der Waals surface area contributed by atoms with E-state index in [9.17, 15) is 0 Å². The average Bonchev–Trinajstić information content (AvgIpc) is 2.86. The highest BCUT2D eigenvalue weighted by Gasteiger charge is 2.15. The van der Waals surface area contributed by atoms with Crippen LogP contribution in [-0.4, -0.2) is 0 Å². The summed E-state index contributed by atoms with van der Waals surface area (Å²) in [7, 11) is 0. The molecule has 1 aliphatic rings. The zero-order chi connectivity index (χ0) is 13.5. The first kappa shape index (κ1) is 12.2. The minimum Gasteiger partial charge on any atom is -0.0795 e. The molecule has 0 bridgehead atoms. The van der Waals surface area contributed by atoms with Crippen molar-refractivity contribution in [1.29, 1.82) is 0 Å². The summed E-state index contributed by atoms with van der Waals surface area (Å²) in [6.07, 6.45) is 5.53. The molecule has 2 aromatic rings. The van der Waals surface area contributed by atoms with Crippen LogP contribution in [0.2, 0.25) is 0 Å². The van der Waals surface area contributed by atoms with Gasteiger partial charge in [-0.2, -0.15) is 0 Å². The zero-order valence-corrected chi connectivity index (χ0v) is 11.9. The summed E-state index contributed by atoms with van der Waals surface area (Å²) in [5, 5.41) is 0. The zero-order valence-electron chi connectivity index (χ0n) is 11.9. The molecule has 0 saturated carbocycles. The smallest absolute Gasteiger partial charge is 0.00820 e. The molecule has 0 heteroatoms. The highest BCUT2D eigenvalue weighted by Crippen LogP contribution is 2.32.